The number of hydrogen-bond acceptors (Lipinski definition) is 3. The van der Waals surface area contributed by atoms with Crippen molar-refractivity contribution in [2.45, 2.75) is 6.92 Å². The van der Waals surface area contributed by atoms with Crippen LogP contribution in [0.15, 0.2) is 48.5 Å². The molecule has 3 N–H and O–H groups in total. The Bertz CT molecular complexity index is 704. The Balaban J connectivity index is 1.71. The molecule has 2 aromatic rings. The van der Waals surface area contributed by atoms with Gasteiger partial charge in [0, 0.05) is 24.4 Å². The highest BCUT2D eigenvalue weighted by atomic mass is 19.1. The van der Waals surface area contributed by atoms with E-state index in [-0.39, 0.29) is 24.9 Å². The molecule has 0 fully saturated rings. The lowest BCUT2D eigenvalue weighted by atomic mass is 10.3. The molecule has 0 bridgehead atoms. The molecule has 0 aliphatic carbocycles. The van der Waals surface area contributed by atoms with Crippen molar-refractivity contribution in [1.29, 1.82) is 0 Å². The van der Waals surface area contributed by atoms with E-state index in [4.69, 9.17) is 4.74 Å². The molecule has 2 aromatic carbocycles. The Morgan fingerprint density at radius 3 is 2.50 bits per heavy atom. The topological polar surface area (TPSA) is 79.5 Å². The normalized spacial score (nSPS) is 9.92. The second kappa shape index (κ2) is 8.52. The summed E-state index contributed by atoms with van der Waals surface area (Å²) in [7, 11) is 0. The fraction of sp³-hybridized carbons (Fsp3) is 0.176. The monoisotopic (exact) mass is 331 g/mol. The Morgan fingerprint density at radius 1 is 1.04 bits per heavy atom. The van der Waals surface area contributed by atoms with Crippen molar-refractivity contribution in [1.82, 2.24) is 5.32 Å². The SMILES string of the molecule is CC(=O)Nc1cccc(OCCNC(=O)Nc2ccc(F)cc2)c1. The van der Waals surface area contributed by atoms with Crippen LogP contribution in [0.3, 0.4) is 0 Å². The highest BCUT2D eigenvalue weighted by Crippen LogP contribution is 2.17. The summed E-state index contributed by atoms with van der Waals surface area (Å²) >= 11 is 0. The van der Waals surface area contributed by atoms with Gasteiger partial charge in [0.25, 0.3) is 0 Å². The molecule has 6 nitrogen and oxygen atoms in total. The molecule has 0 aliphatic heterocycles. The van der Waals surface area contributed by atoms with Gasteiger partial charge in [-0.1, -0.05) is 6.07 Å². The first-order valence-electron chi connectivity index (χ1n) is 7.34. The Morgan fingerprint density at radius 2 is 1.79 bits per heavy atom. The van der Waals surface area contributed by atoms with Crippen LogP contribution in [0, 0.1) is 5.82 Å². The summed E-state index contributed by atoms with van der Waals surface area (Å²) in [6, 6.07) is 12.0. The number of ether oxygens (including phenoxy) is 1. The average Bonchev–Trinajstić information content (AvgIpc) is 2.53. The molecule has 3 amide bonds. The van der Waals surface area contributed by atoms with Gasteiger partial charge in [0.15, 0.2) is 0 Å². The van der Waals surface area contributed by atoms with Gasteiger partial charge in [-0.2, -0.15) is 0 Å². The second-order valence-corrected chi connectivity index (χ2v) is 4.95. The maximum absolute atomic E-state index is 12.8. The summed E-state index contributed by atoms with van der Waals surface area (Å²) in [5.74, 6) is 0.0594. The molecular formula is C17H18FN3O3. The van der Waals surface area contributed by atoms with E-state index in [9.17, 15) is 14.0 Å². The van der Waals surface area contributed by atoms with Crippen LogP contribution in [0.25, 0.3) is 0 Å². The minimum atomic E-state index is -0.405. The largest absolute Gasteiger partial charge is 0.492 e. The fourth-order valence-electron chi connectivity index (χ4n) is 1.91. The first-order valence-corrected chi connectivity index (χ1v) is 7.34. The highest BCUT2D eigenvalue weighted by Gasteiger charge is 2.02. The van der Waals surface area contributed by atoms with Crippen molar-refractivity contribution >= 4 is 23.3 Å². The van der Waals surface area contributed by atoms with E-state index in [1.807, 2.05) is 0 Å². The fourth-order valence-corrected chi connectivity index (χ4v) is 1.91. The summed E-state index contributed by atoms with van der Waals surface area (Å²) in [6.45, 7) is 1.98. The number of nitrogens with one attached hydrogen (secondary N) is 3. The molecule has 0 atom stereocenters. The first-order chi connectivity index (χ1) is 11.5. The Kier molecular flexibility index (Phi) is 6.13. The number of urea groups is 1. The van der Waals surface area contributed by atoms with Gasteiger partial charge < -0.3 is 20.7 Å². The molecule has 0 aliphatic rings. The van der Waals surface area contributed by atoms with E-state index in [0.717, 1.165) is 0 Å². The zero-order valence-corrected chi connectivity index (χ0v) is 13.1. The number of amides is 3. The van der Waals surface area contributed by atoms with Gasteiger partial charge in [-0.3, -0.25) is 4.79 Å². The summed E-state index contributed by atoms with van der Waals surface area (Å²) in [4.78, 5) is 22.7. The van der Waals surface area contributed by atoms with Gasteiger partial charge in [-0.25, -0.2) is 9.18 Å². The maximum atomic E-state index is 12.8. The molecule has 126 valence electrons. The van der Waals surface area contributed by atoms with Crippen molar-refractivity contribution in [3.63, 3.8) is 0 Å². The molecule has 0 unspecified atom stereocenters. The summed E-state index contributed by atoms with van der Waals surface area (Å²) < 4.78 is 18.3. The number of benzene rings is 2. The van der Waals surface area contributed by atoms with Gasteiger partial charge in [0.2, 0.25) is 5.91 Å². The molecule has 0 heterocycles. The number of halogens is 1. The van der Waals surface area contributed by atoms with E-state index in [0.29, 0.717) is 17.1 Å². The zero-order valence-electron chi connectivity index (χ0n) is 13.1. The summed E-state index contributed by atoms with van der Waals surface area (Å²) in [6.07, 6.45) is 0. The van der Waals surface area contributed by atoms with E-state index in [1.165, 1.54) is 31.2 Å². The predicted molar refractivity (Wildman–Crippen MR) is 89.7 cm³/mol. The van der Waals surface area contributed by atoms with Gasteiger partial charge in [0.1, 0.15) is 18.2 Å². The molecule has 0 spiro atoms. The summed E-state index contributed by atoms with van der Waals surface area (Å²) in [5, 5.41) is 7.86. The number of anilines is 2. The third-order valence-corrected chi connectivity index (χ3v) is 2.91. The van der Waals surface area contributed by atoms with E-state index in [1.54, 1.807) is 24.3 Å². The van der Waals surface area contributed by atoms with Crippen LogP contribution < -0.4 is 20.7 Å². The summed E-state index contributed by atoms with van der Waals surface area (Å²) in [5.41, 5.74) is 1.14. The van der Waals surface area contributed by atoms with Crippen LogP contribution in [0.4, 0.5) is 20.6 Å². The highest BCUT2D eigenvalue weighted by molar-refractivity contribution is 5.89. The van der Waals surface area contributed by atoms with E-state index < -0.39 is 6.03 Å². The molecule has 2 rings (SSSR count). The molecule has 0 saturated carbocycles. The van der Waals surface area contributed by atoms with Gasteiger partial charge in [0.05, 0.1) is 6.54 Å². The van der Waals surface area contributed by atoms with Crippen molar-refractivity contribution in [2.24, 2.45) is 0 Å². The van der Waals surface area contributed by atoms with Crippen molar-refractivity contribution in [2.75, 3.05) is 23.8 Å². The van der Waals surface area contributed by atoms with Gasteiger partial charge in [-0.05, 0) is 36.4 Å². The van der Waals surface area contributed by atoms with Crippen molar-refractivity contribution < 1.29 is 18.7 Å². The van der Waals surface area contributed by atoms with E-state index >= 15 is 0 Å². The average molecular weight is 331 g/mol. The molecule has 0 radical (unpaired) electrons. The van der Waals surface area contributed by atoms with Crippen LogP contribution in [0.2, 0.25) is 0 Å². The molecular weight excluding hydrogens is 313 g/mol. The Hall–Kier alpha value is -3.09. The number of rotatable bonds is 6. The van der Waals surface area contributed by atoms with Crippen molar-refractivity contribution in [3.05, 3.63) is 54.3 Å². The third kappa shape index (κ3) is 5.96. The lowest BCUT2D eigenvalue weighted by Crippen LogP contribution is -2.32. The quantitative estimate of drug-likeness (QED) is 0.712. The van der Waals surface area contributed by atoms with Crippen LogP contribution in [0.5, 0.6) is 5.75 Å². The van der Waals surface area contributed by atoms with Gasteiger partial charge >= 0.3 is 6.03 Å². The molecule has 7 heteroatoms. The van der Waals surface area contributed by atoms with Crippen molar-refractivity contribution in [3.8, 4) is 5.75 Å². The first kappa shape index (κ1) is 17.3. The Labute approximate surface area is 139 Å². The lowest BCUT2D eigenvalue weighted by molar-refractivity contribution is -0.114. The predicted octanol–water partition coefficient (Wildman–Crippen LogP) is 2.98. The van der Waals surface area contributed by atoms with Crippen LogP contribution in [-0.2, 0) is 4.79 Å². The van der Waals surface area contributed by atoms with Gasteiger partial charge in [-0.15, -0.1) is 0 Å². The number of carbonyl (C=O) groups excluding carboxylic acids is 2. The second-order valence-electron chi connectivity index (χ2n) is 4.95. The molecule has 0 aromatic heterocycles. The minimum absolute atomic E-state index is 0.161. The maximum Gasteiger partial charge on any atom is 0.319 e. The number of hydrogen-bond donors (Lipinski definition) is 3. The zero-order chi connectivity index (χ0) is 17.4. The van der Waals surface area contributed by atoms with Crippen LogP contribution in [0.1, 0.15) is 6.92 Å². The number of carbonyl (C=O) groups is 2. The molecule has 24 heavy (non-hydrogen) atoms. The standard InChI is InChI=1S/C17H18FN3O3/c1-12(22)20-15-3-2-4-16(11-15)24-10-9-19-17(23)21-14-7-5-13(18)6-8-14/h2-8,11H,9-10H2,1H3,(H,20,22)(H2,19,21,23). The van der Waals surface area contributed by atoms with Crippen LogP contribution in [-0.4, -0.2) is 25.1 Å². The van der Waals surface area contributed by atoms with Crippen LogP contribution >= 0.6 is 0 Å². The van der Waals surface area contributed by atoms with E-state index in [2.05, 4.69) is 16.0 Å². The lowest BCUT2D eigenvalue weighted by Gasteiger charge is -2.10. The smallest absolute Gasteiger partial charge is 0.319 e. The third-order valence-electron chi connectivity index (χ3n) is 2.91. The molecule has 0 saturated heterocycles. The minimum Gasteiger partial charge on any atom is -0.492 e.